The zero-order valence-corrected chi connectivity index (χ0v) is 19.9. The SMILES string of the molecule is CCNC(=NCCc1ccc(OC)c(OC)c1)N1CCC(c2ccccc2)C1.I. The van der Waals surface area contributed by atoms with E-state index in [1.807, 2.05) is 12.1 Å². The highest BCUT2D eigenvalue weighted by molar-refractivity contribution is 14.0. The Morgan fingerprint density at radius 2 is 1.86 bits per heavy atom. The van der Waals surface area contributed by atoms with Gasteiger partial charge < -0.3 is 19.7 Å². The van der Waals surface area contributed by atoms with Gasteiger partial charge in [-0.05, 0) is 43.0 Å². The van der Waals surface area contributed by atoms with Gasteiger partial charge in [0.15, 0.2) is 17.5 Å². The molecule has 6 heteroatoms. The topological polar surface area (TPSA) is 46.1 Å². The summed E-state index contributed by atoms with van der Waals surface area (Å²) in [6.45, 7) is 5.80. The number of methoxy groups -OCH3 is 2. The maximum absolute atomic E-state index is 5.40. The molecule has 2 aromatic carbocycles. The second-order valence-corrected chi connectivity index (χ2v) is 7.02. The summed E-state index contributed by atoms with van der Waals surface area (Å²) in [5.41, 5.74) is 2.62. The van der Waals surface area contributed by atoms with E-state index in [1.54, 1.807) is 14.2 Å². The molecule has 1 unspecified atom stereocenters. The summed E-state index contributed by atoms with van der Waals surface area (Å²) in [5, 5.41) is 3.45. The molecule has 29 heavy (non-hydrogen) atoms. The molecule has 1 heterocycles. The van der Waals surface area contributed by atoms with E-state index in [0.717, 1.165) is 50.1 Å². The number of hydrogen-bond donors (Lipinski definition) is 1. The molecule has 0 bridgehead atoms. The monoisotopic (exact) mass is 509 g/mol. The van der Waals surface area contributed by atoms with E-state index in [1.165, 1.54) is 17.5 Å². The van der Waals surface area contributed by atoms with E-state index in [2.05, 4.69) is 53.5 Å². The molecule has 0 saturated carbocycles. The van der Waals surface area contributed by atoms with E-state index in [4.69, 9.17) is 14.5 Å². The highest BCUT2D eigenvalue weighted by Crippen LogP contribution is 2.28. The Morgan fingerprint density at radius 3 is 2.55 bits per heavy atom. The van der Waals surface area contributed by atoms with Crippen LogP contribution in [0.4, 0.5) is 0 Å². The van der Waals surface area contributed by atoms with Crippen LogP contribution in [0.2, 0.25) is 0 Å². The first-order valence-electron chi connectivity index (χ1n) is 10.0. The zero-order chi connectivity index (χ0) is 19.8. The van der Waals surface area contributed by atoms with Gasteiger partial charge in [0.2, 0.25) is 0 Å². The van der Waals surface area contributed by atoms with Crippen LogP contribution in [0.3, 0.4) is 0 Å². The molecule has 1 aliphatic heterocycles. The lowest BCUT2D eigenvalue weighted by atomic mass is 9.99. The molecular weight excluding hydrogens is 477 g/mol. The number of benzene rings is 2. The van der Waals surface area contributed by atoms with Gasteiger partial charge in [-0.3, -0.25) is 4.99 Å². The van der Waals surface area contributed by atoms with Crippen molar-refractivity contribution in [2.24, 2.45) is 4.99 Å². The minimum Gasteiger partial charge on any atom is -0.493 e. The van der Waals surface area contributed by atoms with Crippen molar-refractivity contribution >= 4 is 29.9 Å². The summed E-state index contributed by atoms with van der Waals surface area (Å²) in [5.74, 6) is 3.12. The number of hydrogen-bond acceptors (Lipinski definition) is 3. The standard InChI is InChI=1S/C23H31N3O2.HI/c1-4-24-23(26-15-13-20(17-26)19-8-6-5-7-9-19)25-14-12-18-10-11-21(27-2)22(16-18)28-3;/h5-11,16,20H,4,12-15,17H2,1-3H3,(H,24,25);1H. The van der Waals surface area contributed by atoms with Crippen LogP contribution in [-0.4, -0.2) is 51.3 Å². The van der Waals surface area contributed by atoms with Crippen LogP contribution in [0, 0.1) is 0 Å². The molecule has 1 fully saturated rings. The molecule has 0 aromatic heterocycles. The van der Waals surface area contributed by atoms with Crippen molar-refractivity contribution in [1.29, 1.82) is 0 Å². The lowest BCUT2D eigenvalue weighted by Gasteiger charge is -2.22. The molecule has 1 atom stereocenters. The first-order chi connectivity index (χ1) is 13.7. The molecule has 0 aliphatic carbocycles. The fourth-order valence-corrected chi connectivity index (χ4v) is 3.70. The van der Waals surface area contributed by atoms with E-state index >= 15 is 0 Å². The molecule has 0 spiro atoms. The van der Waals surface area contributed by atoms with Crippen molar-refractivity contribution in [3.63, 3.8) is 0 Å². The van der Waals surface area contributed by atoms with E-state index < -0.39 is 0 Å². The van der Waals surface area contributed by atoms with E-state index in [0.29, 0.717) is 5.92 Å². The zero-order valence-electron chi connectivity index (χ0n) is 17.6. The van der Waals surface area contributed by atoms with Gasteiger partial charge in [-0.1, -0.05) is 36.4 Å². The molecule has 158 valence electrons. The van der Waals surface area contributed by atoms with Crippen LogP contribution >= 0.6 is 24.0 Å². The lowest BCUT2D eigenvalue weighted by Crippen LogP contribution is -2.40. The Bertz CT molecular complexity index is 783. The largest absolute Gasteiger partial charge is 0.493 e. The molecular formula is C23H32IN3O2. The first kappa shape index (κ1) is 23.3. The third-order valence-corrected chi connectivity index (χ3v) is 5.20. The summed E-state index contributed by atoms with van der Waals surface area (Å²) in [7, 11) is 3.32. The number of ether oxygens (including phenoxy) is 2. The second-order valence-electron chi connectivity index (χ2n) is 7.02. The Balaban J connectivity index is 0.00000300. The average Bonchev–Trinajstić information content (AvgIpc) is 3.24. The van der Waals surface area contributed by atoms with Crippen LogP contribution in [0.5, 0.6) is 11.5 Å². The van der Waals surface area contributed by atoms with Crippen LogP contribution in [0.25, 0.3) is 0 Å². The third kappa shape index (κ3) is 6.26. The maximum Gasteiger partial charge on any atom is 0.193 e. The number of guanidine groups is 1. The van der Waals surface area contributed by atoms with Crippen LogP contribution in [0.15, 0.2) is 53.5 Å². The molecule has 1 saturated heterocycles. The van der Waals surface area contributed by atoms with Gasteiger partial charge in [-0.2, -0.15) is 0 Å². The van der Waals surface area contributed by atoms with Gasteiger partial charge in [-0.15, -0.1) is 24.0 Å². The third-order valence-electron chi connectivity index (χ3n) is 5.20. The minimum atomic E-state index is 0. The number of aliphatic imine (C=N–C) groups is 1. The van der Waals surface area contributed by atoms with Gasteiger partial charge in [0.25, 0.3) is 0 Å². The van der Waals surface area contributed by atoms with Gasteiger partial charge in [0.1, 0.15) is 0 Å². The first-order valence-corrected chi connectivity index (χ1v) is 10.0. The van der Waals surface area contributed by atoms with Crippen molar-refractivity contribution in [2.45, 2.75) is 25.7 Å². The smallest absolute Gasteiger partial charge is 0.193 e. The predicted octanol–water partition coefficient (Wildman–Crippen LogP) is 4.32. The van der Waals surface area contributed by atoms with Gasteiger partial charge in [0, 0.05) is 32.1 Å². The molecule has 5 nitrogen and oxygen atoms in total. The Labute approximate surface area is 191 Å². The summed E-state index contributed by atoms with van der Waals surface area (Å²) >= 11 is 0. The van der Waals surface area contributed by atoms with Crippen molar-refractivity contribution < 1.29 is 9.47 Å². The predicted molar refractivity (Wildman–Crippen MR) is 130 cm³/mol. The van der Waals surface area contributed by atoms with Gasteiger partial charge in [0.05, 0.1) is 14.2 Å². The number of nitrogens with zero attached hydrogens (tertiary/aromatic N) is 2. The minimum absolute atomic E-state index is 0. The summed E-state index contributed by atoms with van der Waals surface area (Å²) in [6.07, 6.45) is 2.04. The quantitative estimate of drug-likeness (QED) is 0.343. The molecule has 1 N–H and O–H groups in total. The molecule has 0 radical (unpaired) electrons. The summed E-state index contributed by atoms with van der Waals surface area (Å²) in [6, 6.07) is 16.9. The van der Waals surface area contributed by atoms with E-state index in [9.17, 15) is 0 Å². The van der Waals surface area contributed by atoms with Gasteiger partial charge >= 0.3 is 0 Å². The van der Waals surface area contributed by atoms with Crippen molar-refractivity contribution in [3.8, 4) is 11.5 Å². The molecule has 2 aromatic rings. The van der Waals surface area contributed by atoms with Crippen molar-refractivity contribution in [3.05, 3.63) is 59.7 Å². The van der Waals surface area contributed by atoms with E-state index in [-0.39, 0.29) is 24.0 Å². The number of nitrogens with one attached hydrogen (secondary N) is 1. The van der Waals surface area contributed by atoms with Gasteiger partial charge in [-0.25, -0.2) is 0 Å². The van der Waals surface area contributed by atoms with Crippen LogP contribution in [0.1, 0.15) is 30.4 Å². The van der Waals surface area contributed by atoms with Crippen molar-refractivity contribution in [1.82, 2.24) is 10.2 Å². The number of halogens is 1. The fourth-order valence-electron chi connectivity index (χ4n) is 3.70. The average molecular weight is 509 g/mol. The lowest BCUT2D eigenvalue weighted by molar-refractivity contribution is 0.354. The summed E-state index contributed by atoms with van der Waals surface area (Å²) < 4.78 is 10.7. The molecule has 3 rings (SSSR count). The second kappa shape index (κ2) is 11.9. The Kier molecular flexibility index (Phi) is 9.57. The highest BCUT2D eigenvalue weighted by atomic mass is 127. The molecule has 0 amide bonds. The normalized spacial score (nSPS) is 16.3. The highest BCUT2D eigenvalue weighted by Gasteiger charge is 2.25. The fraction of sp³-hybridized carbons (Fsp3) is 0.435. The molecule has 1 aliphatic rings. The van der Waals surface area contributed by atoms with Crippen LogP contribution in [-0.2, 0) is 6.42 Å². The van der Waals surface area contributed by atoms with Crippen molar-refractivity contribution in [2.75, 3.05) is 40.4 Å². The maximum atomic E-state index is 5.40. The van der Waals surface area contributed by atoms with Crippen LogP contribution < -0.4 is 14.8 Å². The Morgan fingerprint density at radius 1 is 1.10 bits per heavy atom. The summed E-state index contributed by atoms with van der Waals surface area (Å²) in [4.78, 5) is 7.26. The number of likely N-dealkylation sites (tertiary alicyclic amines) is 1. The number of rotatable bonds is 7. The Hall–Kier alpha value is -1.96.